The summed E-state index contributed by atoms with van der Waals surface area (Å²) < 4.78 is 1.35. The van der Waals surface area contributed by atoms with Crippen LogP contribution in [0.2, 0.25) is 0 Å². The van der Waals surface area contributed by atoms with Gasteiger partial charge in [0.15, 0.2) is 0 Å². The quantitative estimate of drug-likeness (QED) is 0.740. The van der Waals surface area contributed by atoms with Crippen LogP contribution in [0.25, 0.3) is 0 Å². The molecule has 0 spiro atoms. The van der Waals surface area contributed by atoms with Gasteiger partial charge in [-0.1, -0.05) is 15.9 Å². The first-order chi connectivity index (χ1) is 11.0. The van der Waals surface area contributed by atoms with Gasteiger partial charge >= 0.3 is 0 Å². The number of anilines is 1. The zero-order valence-corrected chi connectivity index (χ0v) is 14.6. The summed E-state index contributed by atoms with van der Waals surface area (Å²) in [5.74, 6) is -1.46. The summed E-state index contributed by atoms with van der Waals surface area (Å²) >= 11 is 6.43. The van der Waals surface area contributed by atoms with Crippen molar-refractivity contribution in [1.82, 2.24) is 14.9 Å². The Morgan fingerprint density at radius 3 is 2.39 bits per heavy atom. The molecule has 2 heterocycles. The second-order valence-electron chi connectivity index (χ2n) is 4.66. The molecule has 2 aromatic rings. The van der Waals surface area contributed by atoms with Crippen molar-refractivity contribution in [2.45, 2.75) is 0 Å². The van der Waals surface area contributed by atoms with E-state index in [1.807, 2.05) is 0 Å². The van der Waals surface area contributed by atoms with Gasteiger partial charge in [0.2, 0.25) is 11.9 Å². The van der Waals surface area contributed by atoms with E-state index in [2.05, 4.69) is 47.1 Å². The number of rotatable bonds is 3. The predicted octanol–water partition coefficient (Wildman–Crippen LogP) is 2.24. The summed E-state index contributed by atoms with van der Waals surface area (Å²) in [6, 6.07) is 4.78. The largest absolute Gasteiger partial charge is 0.293 e. The highest BCUT2D eigenvalue weighted by Gasteiger charge is 2.36. The SMILES string of the molecule is O=C(CN1C(=O)c2ccc(Br)cc2C1=O)Nc1ncc(Br)cn1. The van der Waals surface area contributed by atoms with Crippen LogP contribution >= 0.6 is 31.9 Å². The number of benzene rings is 1. The molecule has 0 saturated heterocycles. The third kappa shape index (κ3) is 3.15. The van der Waals surface area contributed by atoms with E-state index in [0.29, 0.717) is 8.95 Å². The molecule has 0 fully saturated rings. The van der Waals surface area contributed by atoms with Gasteiger partial charge in [-0.15, -0.1) is 0 Å². The van der Waals surface area contributed by atoms with Gasteiger partial charge in [-0.25, -0.2) is 9.97 Å². The predicted molar refractivity (Wildman–Crippen MR) is 87.9 cm³/mol. The molecule has 1 aromatic heterocycles. The smallest absolute Gasteiger partial charge is 0.262 e. The van der Waals surface area contributed by atoms with Crippen molar-refractivity contribution in [3.8, 4) is 0 Å². The van der Waals surface area contributed by atoms with E-state index in [-0.39, 0.29) is 17.1 Å². The molecule has 0 unspecified atom stereocenters. The van der Waals surface area contributed by atoms with Gasteiger partial charge in [0, 0.05) is 16.9 Å². The lowest BCUT2D eigenvalue weighted by Crippen LogP contribution is -2.37. The minimum absolute atomic E-state index is 0.0950. The van der Waals surface area contributed by atoms with Crippen molar-refractivity contribution >= 4 is 55.5 Å². The Kier molecular flexibility index (Phi) is 4.22. The van der Waals surface area contributed by atoms with Crippen LogP contribution in [0.1, 0.15) is 20.7 Å². The number of nitrogens with one attached hydrogen (secondary N) is 1. The van der Waals surface area contributed by atoms with Crippen LogP contribution in [0.5, 0.6) is 0 Å². The summed E-state index contributed by atoms with van der Waals surface area (Å²) in [7, 11) is 0. The fourth-order valence-electron chi connectivity index (χ4n) is 2.09. The molecule has 116 valence electrons. The molecule has 3 amide bonds. The summed E-state index contributed by atoms with van der Waals surface area (Å²) in [5.41, 5.74) is 0.558. The van der Waals surface area contributed by atoms with E-state index in [9.17, 15) is 14.4 Å². The molecule has 3 rings (SSSR count). The molecule has 1 N–H and O–H groups in total. The third-order valence-corrected chi connectivity index (χ3v) is 4.01. The first-order valence-corrected chi connectivity index (χ1v) is 7.97. The van der Waals surface area contributed by atoms with E-state index in [4.69, 9.17) is 0 Å². The Labute approximate surface area is 147 Å². The van der Waals surface area contributed by atoms with E-state index in [0.717, 1.165) is 4.90 Å². The highest BCUT2D eigenvalue weighted by atomic mass is 79.9. The standard InChI is InChI=1S/C14H8Br2N4O3/c15-7-1-2-9-10(3-7)13(23)20(12(9)22)6-11(21)19-14-17-4-8(16)5-18-14/h1-5H,6H2,(H,17,18,19,21). The van der Waals surface area contributed by atoms with Crippen LogP contribution in [0.4, 0.5) is 5.95 Å². The van der Waals surface area contributed by atoms with Gasteiger partial charge in [0.05, 0.1) is 15.6 Å². The van der Waals surface area contributed by atoms with Crippen LogP contribution in [-0.4, -0.2) is 39.1 Å². The molecule has 23 heavy (non-hydrogen) atoms. The molecule has 1 aliphatic heterocycles. The Balaban J connectivity index is 1.73. The Morgan fingerprint density at radius 2 is 1.70 bits per heavy atom. The van der Waals surface area contributed by atoms with E-state index < -0.39 is 24.3 Å². The molecule has 0 bridgehead atoms. The van der Waals surface area contributed by atoms with E-state index >= 15 is 0 Å². The second-order valence-corrected chi connectivity index (χ2v) is 6.49. The minimum Gasteiger partial charge on any atom is -0.293 e. The Bertz CT molecular complexity index is 823. The van der Waals surface area contributed by atoms with Crippen LogP contribution in [0.15, 0.2) is 39.5 Å². The normalized spacial score (nSPS) is 13.2. The van der Waals surface area contributed by atoms with Gasteiger partial charge < -0.3 is 0 Å². The number of hydrogen-bond acceptors (Lipinski definition) is 5. The summed E-state index contributed by atoms with van der Waals surface area (Å²) in [6.07, 6.45) is 2.95. The number of amides is 3. The number of nitrogens with zero attached hydrogens (tertiary/aromatic N) is 3. The molecular weight excluding hydrogens is 432 g/mol. The van der Waals surface area contributed by atoms with Gasteiger partial charge in [-0.2, -0.15) is 0 Å². The van der Waals surface area contributed by atoms with Crippen molar-refractivity contribution in [2.24, 2.45) is 0 Å². The number of aromatic nitrogens is 2. The van der Waals surface area contributed by atoms with Crippen LogP contribution in [0, 0.1) is 0 Å². The van der Waals surface area contributed by atoms with Gasteiger partial charge in [-0.05, 0) is 34.1 Å². The maximum Gasteiger partial charge on any atom is 0.262 e. The molecule has 7 nitrogen and oxygen atoms in total. The number of halogens is 2. The van der Waals surface area contributed by atoms with Gasteiger partial charge in [0.1, 0.15) is 6.54 Å². The average molecular weight is 440 g/mol. The lowest BCUT2D eigenvalue weighted by atomic mass is 10.1. The monoisotopic (exact) mass is 438 g/mol. The molecule has 0 aliphatic carbocycles. The van der Waals surface area contributed by atoms with Crippen LogP contribution in [0.3, 0.4) is 0 Å². The first kappa shape index (κ1) is 15.8. The first-order valence-electron chi connectivity index (χ1n) is 6.39. The molecule has 0 atom stereocenters. The average Bonchev–Trinajstić information content (AvgIpc) is 2.74. The summed E-state index contributed by atoms with van der Waals surface area (Å²) in [5, 5.41) is 2.44. The lowest BCUT2D eigenvalue weighted by molar-refractivity contribution is -0.116. The van der Waals surface area contributed by atoms with Crippen LogP contribution < -0.4 is 5.32 Å². The van der Waals surface area contributed by atoms with Gasteiger partial charge in [-0.3, -0.25) is 24.6 Å². The fraction of sp³-hybridized carbons (Fsp3) is 0.0714. The topological polar surface area (TPSA) is 92.3 Å². The number of carbonyl (C=O) groups excluding carboxylic acids is 3. The van der Waals surface area contributed by atoms with Crippen molar-refractivity contribution in [3.63, 3.8) is 0 Å². The molecular formula is C14H8Br2N4O3. The van der Waals surface area contributed by atoms with Crippen molar-refractivity contribution in [3.05, 3.63) is 50.7 Å². The molecule has 0 radical (unpaired) electrons. The maximum atomic E-state index is 12.3. The molecule has 1 aromatic carbocycles. The highest BCUT2D eigenvalue weighted by Crippen LogP contribution is 2.25. The number of carbonyl (C=O) groups is 3. The Hall–Kier alpha value is -2.13. The van der Waals surface area contributed by atoms with Gasteiger partial charge in [0.25, 0.3) is 11.8 Å². The van der Waals surface area contributed by atoms with Crippen LogP contribution in [-0.2, 0) is 4.79 Å². The molecule has 0 saturated carbocycles. The fourth-order valence-corrected chi connectivity index (χ4v) is 2.66. The minimum atomic E-state index is -0.555. The zero-order valence-electron chi connectivity index (χ0n) is 11.4. The second kappa shape index (κ2) is 6.17. The summed E-state index contributed by atoms with van der Waals surface area (Å²) in [4.78, 5) is 45.2. The maximum absolute atomic E-state index is 12.3. The van der Waals surface area contributed by atoms with E-state index in [1.54, 1.807) is 18.2 Å². The third-order valence-electron chi connectivity index (χ3n) is 3.11. The lowest BCUT2D eigenvalue weighted by Gasteiger charge is -2.12. The summed E-state index contributed by atoms with van der Waals surface area (Å²) in [6.45, 7) is -0.399. The Morgan fingerprint density at radius 1 is 1.04 bits per heavy atom. The van der Waals surface area contributed by atoms with Crippen molar-refractivity contribution in [2.75, 3.05) is 11.9 Å². The van der Waals surface area contributed by atoms with Crippen molar-refractivity contribution < 1.29 is 14.4 Å². The zero-order chi connectivity index (χ0) is 16.6. The number of hydrogen-bond donors (Lipinski definition) is 1. The molecule has 1 aliphatic rings. The highest BCUT2D eigenvalue weighted by molar-refractivity contribution is 9.10. The van der Waals surface area contributed by atoms with E-state index in [1.165, 1.54) is 12.4 Å². The van der Waals surface area contributed by atoms with Crippen molar-refractivity contribution in [1.29, 1.82) is 0 Å². The molecule has 9 heteroatoms. The number of imide groups is 1. The number of fused-ring (bicyclic) bond motifs is 1.